The van der Waals surface area contributed by atoms with E-state index in [2.05, 4.69) is 0 Å². The Balaban J connectivity index is 0. The summed E-state index contributed by atoms with van der Waals surface area (Å²) >= 11 is 9.44. The van der Waals surface area contributed by atoms with Crippen molar-refractivity contribution in [2.75, 3.05) is 13.2 Å². The SMILES string of the molecule is CCOC(C)OCC.O=C=C(Cl)Cl. The first-order valence-corrected chi connectivity index (χ1v) is 4.63. The molecule has 0 radical (unpaired) electrons. The van der Waals surface area contributed by atoms with Gasteiger partial charge in [-0.1, -0.05) is 23.2 Å². The molecule has 0 bridgehead atoms. The van der Waals surface area contributed by atoms with E-state index in [0.717, 1.165) is 13.2 Å². The van der Waals surface area contributed by atoms with Crippen molar-refractivity contribution < 1.29 is 14.3 Å². The summed E-state index contributed by atoms with van der Waals surface area (Å²) in [6, 6.07) is 0. The van der Waals surface area contributed by atoms with Crippen molar-refractivity contribution in [2.45, 2.75) is 27.1 Å². The minimum Gasteiger partial charge on any atom is -0.353 e. The third-order valence-corrected chi connectivity index (χ3v) is 1.03. The summed E-state index contributed by atoms with van der Waals surface area (Å²) in [4.78, 5) is 9.08. The second kappa shape index (κ2) is 11.9. The molecule has 13 heavy (non-hydrogen) atoms. The first kappa shape index (κ1) is 15.4. The van der Waals surface area contributed by atoms with Crippen molar-refractivity contribution in [2.24, 2.45) is 0 Å². The molecule has 0 saturated carbocycles. The van der Waals surface area contributed by atoms with Crippen LogP contribution in [0.5, 0.6) is 0 Å². The number of halogens is 2. The van der Waals surface area contributed by atoms with Crippen molar-refractivity contribution in [1.82, 2.24) is 0 Å². The minimum absolute atomic E-state index is 0.0370. The van der Waals surface area contributed by atoms with E-state index in [4.69, 9.17) is 37.5 Å². The fourth-order valence-electron chi connectivity index (χ4n) is 0.518. The lowest BCUT2D eigenvalue weighted by atomic mass is 10.7. The topological polar surface area (TPSA) is 35.5 Å². The largest absolute Gasteiger partial charge is 0.353 e. The Morgan fingerprint density at radius 1 is 1.31 bits per heavy atom. The molecule has 0 spiro atoms. The zero-order valence-electron chi connectivity index (χ0n) is 7.97. The molecule has 0 aromatic carbocycles. The van der Waals surface area contributed by atoms with Gasteiger partial charge in [0.2, 0.25) is 0 Å². The fraction of sp³-hybridized carbons (Fsp3) is 0.750. The highest BCUT2D eigenvalue weighted by atomic mass is 35.5. The van der Waals surface area contributed by atoms with Gasteiger partial charge >= 0.3 is 0 Å². The summed E-state index contributed by atoms with van der Waals surface area (Å²) in [6.07, 6.45) is -0.0370. The highest BCUT2D eigenvalue weighted by molar-refractivity contribution is 6.59. The fourth-order valence-corrected chi connectivity index (χ4v) is 0.518. The lowest BCUT2D eigenvalue weighted by molar-refractivity contribution is -0.123. The zero-order valence-corrected chi connectivity index (χ0v) is 9.48. The highest BCUT2D eigenvalue weighted by Gasteiger charge is 1.94. The van der Waals surface area contributed by atoms with Crippen LogP contribution in [0.1, 0.15) is 20.8 Å². The molecule has 0 saturated heterocycles. The average molecular weight is 229 g/mol. The van der Waals surface area contributed by atoms with E-state index in [9.17, 15) is 0 Å². The highest BCUT2D eigenvalue weighted by Crippen LogP contribution is 1.97. The summed E-state index contributed by atoms with van der Waals surface area (Å²) in [5, 5.41) is 0. The van der Waals surface area contributed by atoms with Gasteiger partial charge in [-0.3, -0.25) is 0 Å². The Morgan fingerprint density at radius 3 is 1.77 bits per heavy atom. The van der Waals surface area contributed by atoms with E-state index in [1.54, 1.807) is 0 Å². The Morgan fingerprint density at radius 2 is 1.62 bits per heavy atom. The monoisotopic (exact) mass is 228 g/mol. The Kier molecular flexibility index (Phi) is 14.2. The first-order valence-electron chi connectivity index (χ1n) is 3.87. The summed E-state index contributed by atoms with van der Waals surface area (Å²) in [6.45, 7) is 7.25. The molecule has 0 N–H and O–H groups in total. The van der Waals surface area contributed by atoms with E-state index in [0.29, 0.717) is 0 Å². The van der Waals surface area contributed by atoms with E-state index in [1.165, 1.54) is 5.94 Å². The van der Waals surface area contributed by atoms with Crippen molar-refractivity contribution in [3.63, 3.8) is 0 Å². The quantitative estimate of drug-likeness (QED) is 0.548. The molecule has 0 unspecified atom stereocenters. The van der Waals surface area contributed by atoms with Gasteiger partial charge in [-0.25, -0.2) is 4.79 Å². The smallest absolute Gasteiger partial charge is 0.190 e. The number of ether oxygens (including phenoxy) is 2. The average Bonchev–Trinajstić information content (AvgIpc) is 2.06. The van der Waals surface area contributed by atoms with Crippen molar-refractivity contribution >= 4 is 29.1 Å². The Labute approximate surface area is 88.6 Å². The summed E-state index contributed by atoms with van der Waals surface area (Å²) in [5.41, 5.74) is 0. The van der Waals surface area contributed by atoms with E-state index >= 15 is 0 Å². The van der Waals surface area contributed by atoms with Crippen LogP contribution in [0.15, 0.2) is 4.49 Å². The molecule has 0 aromatic heterocycles. The molecule has 0 fully saturated rings. The van der Waals surface area contributed by atoms with Gasteiger partial charge in [-0.05, 0) is 20.8 Å². The molecule has 0 aromatic rings. The van der Waals surface area contributed by atoms with E-state index in [1.807, 2.05) is 20.8 Å². The van der Waals surface area contributed by atoms with E-state index in [-0.39, 0.29) is 10.8 Å². The molecule has 3 nitrogen and oxygen atoms in total. The molecule has 0 amide bonds. The Hall–Kier alpha value is -0.0500. The van der Waals surface area contributed by atoms with Gasteiger partial charge in [-0.2, -0.15) is 0 Å². The molecule has 0 aliphatic rings. The van der Waals surface area contributed by atoms with Crippen molar-refractivity contribution in [3.05, 3.63) is 4.49 Å². The van der Waals surface area contributed by atoms with Crippen LogP contribution in [0.4, 0.5) is 0 Å². The third kappa shape index (κ3) is 18.7. The van der Waals surface area contributed by atoms with Crippen LogP contribution in [0.2, 0.25) is 0 Å². The van der Waals surface area contributed by atoms with Crippen LogP contribution in [-0.2, 0) is 14.3 Å². The second-order valence-electron chi connectivity index (χ2n) is 1.84. The van der Waals surface area contributed by atoms with Crippen LogP contribution in [-0.4, -0.2) is 25.4 Å². The van der Waals surface area contributed by atoms with Gasteiger partial charge in [0.1, 0.15) is 0 Å². The normalized spacial score (nSPS) is 8.77. The first-order chi connectivity index (χ1) is 6.08. The van der Waals surface area contributed by atoms with Gasteiger partial charge in [0.05, 0.1) is 0 Å². The summed E-state index contributed by atoms with van der Waals surface area (Å²) < 4.78 is 9.76. The zero-order chi connectivity index (χ0) is 10.7. The lowest BCUT2D eigenvalue weighted by Crippen LogP contribution is -2.11. The van der Waals surface area contributed by atoms with Gasteiger partial charge < -0.3 is 9.47 Å². The molecule has 0 aliphatic carbocycles. The number of rotatable bonds is 4. The van der Waals surface area contributed by atoms with E-state index < -0.39 is 0 Å². The van der Waals surface area contributed by atoms with Gasteiger partial charge in [0.25, 0.3) is 0 Å². The molecule has 0 rings (SSSR count). The molecule has 0 aliphatic heterocycles. The predicted molar refractivity (Wildman–Crippen MR) is 53.6 cm³/mol. The molecule has 0 heterocycles. The summed E-state index contributed by atoms with van der Waals surface area (Å²) in [7, 11) is 0. The second-order valence-corrected chi connectivity index (χ2v) is 2.79. The molecule has 0 atom stereocenters. The van der Waals surface area contributed by atoms with Crippen molar-refractivity contribution in [1.29, 1.82) is 0 Å². The maximum atomic E-state index is 9.08. The van der Waals surface area contributed by atoms with Crippen molar-refractivity contribution in [3.8, 4) is 0 Å². The number of hydrogen-bond acceptors (Lipinski definition) is 3. The molecule has 5 heteroatoms. The predicted octanol–water partition coefficient (Wildman–Crippen LogP) is 2.54. The van der Waals surface area contributed by atoms with Crippen LogP contribution in [0.25, 0.3) is 0 Å². The van der Waals surface area contributed by atoms with Crippen LogP contribution >= 0.6 is 23.2 Å². The molecule has 78 valence electrons. The molecular weight excluding hydrogens is 215 g/mol. The van der Waals surface area contributed by atoms with Crippen LogP contribution in [0, 0.1) is 0 Å². The Bertz CT molecular complexity index is 145. The minimum atomic E-state index is -0.356. The van der Waals surface area contributed by atoms with Crippen LogP contribution < -0.4 is 0 Å². The third-order valence-electron chi connectivity index (χ3n) is 0.880. The van der Waals surface area contributed by atoms with Gasteiger partial charge in [0.15, 0.2) is 16.7 Å². The molecular formula is C8H14Cl2O3. The summed E-state index contributed by atoms with van der Waals surface area (Å²) in [5.74, 6) is 1.23. The van der Waals surface area contributed by atoms with Gasteiger partial charge in [-0.15, -0.1) is 0 Å². The number of hydrogen-bond donors (Lipinski definition) is 0. The number of carbonyl (C=O) groups excluding carboxylic acids is 1. The maximum absolute atomic E-state index is 9.08. The maximum Gasteiger partial charge on any atom is 0.190 e. The van der Waals surface area contributed by atoms with Crippen LogP contribution in [0.3, 0.4) is 0 Å². The lowest BCUT2D eigenvalue weighted by Gasteiger charge is -2.09. The van der Waals surface area contributed by atoms with Gasteiger partial charge in [0, 0.05) is 13.2 Å². The standard InChI is InChI=1S/C6H14O2.C2Cl2O/c1-4-7-6(3)8-5-2;3-2(4)1-5/h6H,4-5H2,1-3H3;.